The number of likely N-dealkylation sites (tertiary alicyclic amines) is 1. The number of benzene rings is 3. The van der Waals surface area contributed by atoms with Gasteiger partial charge in [-0.2, -0.15) is 0 Å². The third-order valence-electron chi connectivity index (χ3n) is 6.87. The number of fused-ring (bicyclic) bond motifs is 1. The molecule has 0 saturated carbocycles. The maximum Gasteiger partial charge on any atom is 0.418 e. The highest BCUT2D eigenvalue weighted by Crippen LogP contribution is 2.41. The van der Waals surface area contributed by atoms with Crippen molar-refractivity contribution in [1.82, 2.24) is 4.90 Å². The summed E-state index contributed by atoms with van der Waals surface area (Å²) in [7, 11) is 0. The van der Waals surface area contributed by atoms with Crippen LogP contribution in [0.1, 0.15) is 23.6 Å². The van der Waals surface area contributed by atoms with Crippen molar-refractivity contribution < 1.29 is 33.3 Å². The Morgan fingerprint density at radius 2 is 1.28 bits per heavy atom. The van der Waals surface area contributed by atoms with E-state index in [4.69, 9.17) is 23.7 Å². The number of ether oxygens (including phenoxy) is 5. The van der Waals surface area contributed by atoms with Gasteiger partial charge in [-0.1, -0.05) is 91.0 Å². The third-order valence-corrected chi connectivity index (χ3v) is 6.87. The molecule has 0 aromatic heterocycles. The number of amides is 2. The molecule has 5 rings (SSSR count). The van der Waals surface area contributed by atoms with Gasteiger partial charge in [0, 0.05) is 0 Å². The van der Waals surface area contributed by atoms with Gasteiger partial charge >= 0.3 is 6.09 Å². The number of carbonyl (C=O) groups is 2. The molecule has 3 aromatic rings. The average Bonchev–Trinajstić information content (AvgIpc) is 2.97. The Morgan fingerprint density at radius 3 is 1.82 bits per heavy atom. The summed E-state index contributed by atoms with van der Waals surface area (Å²) >= 11 is 0. The molecule has 8 heteroatoms. The average molecular weight is 532 g/mol. The second-order valence-corrected chi connectivity index (χ2v) is 9.52. The number of hydrogen-bond donors (Lipinski definition) is 0. The first-order chi connectivity index (χ1) is 19.2. The molecular formula is C31H33NO7. The van der Waals surface area contributed by atoms with Crippen LogP contribution in [0.25, 0.3) is 0 Å². The van der Waals surface area contributed by atoms with Crippen molar-refractivity contribution in [3.05, 3.63) is 108 Å². The summed E-state index contributed by atoms with van der Waals surface area (Å²) in [5, 5.41) is 0. The molecule has 0 N–H and O–H groups in total. The SMILES string of the molecule is CCOC(=O)N1C(=O)[C@@H]2[C@@H](OCc3ccccc3)[C@H](OCc3ccccc3)[C@@H](COCc3ccccc3)O[C@@H]21. The van der Waals surface area contributed by atoms with Crippen LogP contribution in [-0.2, 0) is 48.3 Å². The molecule has 2 fully saturated rings. The predicted molar refractivity (Wildman–Crippen MR) is 142 cm³/mol. The van der Waals surface area contributed by atoms with E-state index in [1.807, 2.05) is 91.0 Å². The number of nitrogens with zero attached hydrogens (tertiary/aromatic N) is 1. The predicted octanol–water partition coefficient (Wildman–Crippen LogP) is 4.71. The summed E-state index contributed by atoms with van der Waals surface area (Å²) < 4.78 is 30.3. The van der Waals surface area contributed by atoms with Crippen LogP contribution in [0.5, 0.6) is 0 Å². The molecule has 8 nitrogen and oxygen atoms in total. The first-order valence-electron chi connectivity index (χ1n) is 13.2. The Kier molecular flexibility index (Phi) is 9.00. The molecule has 0 bridgehead atoms. The van der Waals surface area contributed by atoms with Gasteiger partial charge in [-0.05, 0) is 23.6 Å². The zero-order chi connectivity index (χ0) is 27.0. The minimum atomic E-state index is -0.820. The fourth-order valence-electron chi connectivity index (χ4n) is 4.93. The van der Waals surface area contributed by atoms with Crippen LogP contribution < -0.4 is 0 Å². The minimum Gasteiger partial charge on any atom is -0.449 e. The monoisotopic (exact) mass is 531 g/mol. The molecule has 3 aromatic carbocycles. The molecule has 2 heterocycles. The normalized spacial score (nSPS) is 24.1. The Balaban J connectivity index is 1.38. The first-order valence-corrected chi connectivity index (χ1v) is 13.2. The summed E-state index contributed by atoms with van der Waals surface area (Å²) in [6.07, 6.45) is -3.41. The number of hydrogen-bond acceptors (Lipinski definition) is 7. The van der Waals surface area contributed by atoms with Crippen molar-refractivity contribution in [2.24, 2.45) is 5.92 Å². The van der Waals surface area contributed by atoms with E-state index in [0.29, 0.717) is 13.2 Å². The first kappa shape index (κ1) is 27.0. The smallest absolute Gasteiger partial charge is 0.418 e. The van der Waals surface area contributed by atoms with Crippen LogP contribution in [0, 0.1) is 5.92 Å². The van der Waals surface area contributed by atoms with E-state index >= 15 is 0 Å². The second-order valence-electron chi connectivity index (χ2n) is 9.52. The second kappa shape index (κ2) is 13.0. The van der Waals surface area contributed by atoms with Gasteiger partial charge in [0.05, 0.1) is 33.0 Å². The fraction of sp³-hybridized carbons (Fsp3) is 0.355. The van der Waals surface area contributed by atoms with E-state index in [2.05, 4.69) is 0 Å². The van der Waals surface area contributed by atoms with Crippen LogP contribution >= 0.6 is 0 Å². The van der Waals surface area contributed by atoms with Gasteiger partial charge in [0.15, 0.2) is 6.23 Å². The summed E-state index contributed by atoms with van der Waals surface area (Å²) in [5.74, 6) is -1.10. The van der Waals surface area contributed by atoms with E-state index in [1.54, 1.807) is 6.92 Å². The lowest BCUT2D eigenvalue weighted by atomic mass is 9.82. The van der Waals surface area contributed by atoms with Crippen LogP contribution in [0.3, 0.4) is 0 Å². The van der Waals surface area contributed by atoms with Gasteiger partial charge in [-0.15, -0.1) is 0 Å². The summed E-state index contributed by atoms with van der Waals surface area (Å²) in [5.41, 5.74) is 2.98. The van der Waals surface area contributed by atoms with Crippen molar-refractivity contribution in [3.8, 4) is 0 Å². The van der Waals surface area contributed by atoms with E-state index in [0.717, 1.165) is 21.6 Å². The number of β-lactam (4-membered cyclic amide) rings is 1. The lowest BCUT2D eigenvalue weighted by molar-refractivity contribution is -0.290. The molecule has 204 valence electrons. The molecule has 5 atom stereocenters. The fourth-order valence-corrected chi connectivity index (χ4v) is 4.93. The van der Waals surface area contributed by atoms with Crippen molar-refractivity contribution in [1.29, 1.82) is 0 Å². The number of imide groups is 1. The topological polar surface area (TPSA) is 83.5 Å². The van der Waals surface area contributed by atoms with Crippen LogP contribution in [0.4, 0.5) is 4.79 Å². The molecule has 2 saturated heterocycles. The Hall–Kier alpha value is -3.56. The summed E-state index contributed by atoms with van der Waals surface area (Å²) in [4.78, 5) is 26.8. The van der Waals surface area contributed by atoms with Gasteiger partial charge in [-0.25, -0.2) is 9.69 Å². The lowest BCUT2D eigenvalue weighted by Crippen LogP contribution is -2.74. The maximum atomic E-state index is 13.2. The van der Waals surface area contributed by atoms with Crippen LogP contribution in [0.2, 0.25) is 0 Å². The zero-order valence-electron chi connectivity index (χ0n) is 21.9. The lowest BCUT2D eigenvalue weighted by Gasteiger charge is -2.54. The van der Waals surface area contributed by atoms with Crippen LogP contribution in [-0.4, -0.2) is 54.7 Å². The molecule has 2 aliphatic heterocycles. The molecule has 39 heavy (non-hydrogen) atoms. The molecule has 0 spiro atoms. The quantitative estimate of drug-likeness (QED) is 0.331. The van der Waals surface area contributed by atoms with E-state index in [-0.39, 0.29) is 19.8 Å². The van der Waals surface area contributed by atoms with Gasteiger partial charge in [0.25, 0.3) is 0 Å². The third kappa shape index (κ3) is 6.37. The van der Waals surface area contributed by atoms with Gasteiger partial charge in [0.2, 0.25) is 5.91 Å². The van der Waals surface area contributed by atoms with Gasteiger partial charge < -0.3 is 23.7 Å². The van der Waals surface area contributed by atoms with E-state index < -0.39 is 42.5 Å². The zero-order valence-corrected chi connectivity index (χ0v) is 21.9. The molecular weight excluding hydrogens is 498 g/mol. The molecule has 0 radical (unpaired) electrons. The van der Waals surface area contributed by atoms with Crippen molar-refractivity contribution in [2.45, 2.75) is 51.3 Å². The number of rotatable bonds is 11. The summed E-state index contributed by atoms with van der Waals surface area (Å²) in [6, 6.07) is 29.4. The maximum absolute atomic E-state index is 13.2. The van der Waals surface area contributed by atoms with Crippen LogP contribution in [0.15, 0.2) is 91.0 Å². The molecule has 2 aliphatic rings. The van der Waals surface area contributed by atoms with Gasteiger partial charge in [0.1, 0.15) is 24.2 Å². The molecule has 0 unspecified atom stereocenters. The highest BCUT2D eigenvalue weighted by atomic mass is 16.6. The van der Waals surface area contributed by atoms with Crippen molar-refractivity contribution in [3.63, 3.8) is 0 Å². The van der Waals surface area contributed by atoms with E-state index in [1.165, 1.54) is 0 Å². The van der Waals surface area contributed by atoms with E-state index in [9.17, 15) is 9.59 Å². The molecule has 2 amide bonds. The van der Waals surface area contributed by atoms with Crippen molar-refractivity contribution >= 4 is 12.0 Å². The highest BCUT2D eigenvalue weighted by Gasteiger charge is 2.63. The molecule has 0 aliphatic carbocycles. The standard InChI is InChI=1S/C31H33NO7/c1-2-36-31(34)32-29(33)26-28(38-20-24-16-10-5-11-17-24)27(37-19-23-14-8-4-9-15-23)25(39-30(26)32)21-35-18-22-12-6-3-7-13-22/h3-17,25-28,30H,2,18-21H2,1H3/t25-,26+,27-,28-,30+/m1/s1. The minimum absolute atomic E-state index is 0.153. The largest absolute Gasteiger partial charge is 0.449 e. The Bertz CT molecular complexity index is 1210. The summed E-state index contributed by atoms with van der Waals surface area (Å²) in [6.45, 7) is 3.01. The van der Waals surface area contributed by atoms with Gasteiger partial charge in [-0.3, -0.25) is 4.79 Å². The highest BCUT2D eigenvalue weighted by molar-refractivity contribution is 5.99. The Morgan fingerprint density at radius 1 is 0.769 bits per heavy atom. The van der Waals surface area contributed by atoms with Crippen molar-refractivity contribution in [2.75, 3.05) is 13.2 Å². The Labute approximate surface area is 228 Å². The number of carbonyl (C=O) groups excluding carboxylic acids is 2.